The molecule has 5 unspecified atom stereocenters. The first kappa shape index (κ1) is 40.2. The largest absolute Gasteiger partial charge is 0.497 e. The number of amides is 3. The van der Waals surface area contributed by atoms with Gasteiger partial charge < -0.3 is 39.1 Å². The van der Waals surface area contributed by atoms with E-state index in [0.29, 0.717) is 24.1 Å². The Hall–Kier alpha value is -5.44. The third kappa shape index (κ3) is 6.97. The Morgan fingerprint density at radius 2 is 1.75 bits per heavy atom. The van der Waals surface area contributed by atoms with E-state index in [4.69, 9.17) is 18.9 Å². The van der Waals surface area contributed by atoms with Gasteiger partial charge in [0.2, 0.25) is 11.8 Å². The van der Waals surface area contributed by atoms with E-state index in [2.05, 4.69) is 16.4 Å². The number of nitrogens with zero attached hydrogens (tertiary/aromatic N) is 5. The number of ether oxygens (including phenoxy) is 4. The maximum atomic E-state index is 15.5. The van der Waals surface area contributed by atoms with Gasteiger partial charge >= 0.3 is 16.1 Å². The van der Waals surface area contributed by atoms with Gasteiger partial charge in [0.25, 0.3) is 6.09 Å². The van der Waals surface area contributed by atoms with Gasteiger partial charge in [0.15, 0.2) is 4.90 Å². The number of hydrogen-bond acceptors (Lipinski definition) is 13. The molecular weight excluding hydrogens is 745 g/mol. The van der Waals surface area contributed by atoms with Crippen LogP contribution in [0.3, 0.4) is 0 Å². The lowest BCUT2D eigenvalue weighted by Gasteiger charge is -2.57. The molecular formula is C39H46N6O10S. The summed E-state index contributed by atoms with van der Waals surface area (Å²) in [5, 5.41) is 28.1. The van der Waals surface area contributed by atoms with Crippen LogP contribution in [0.5, 0.6) is 17.4 Å². The molecule has 0 saturated carbocycles. The van der Waals surface area contributed by atoms with Crippen molar-refractivity contribution < 1.29 is 50.7 Å². The highest BCUT2D eigenvalue weighted by Crippen LogP contribution is 2.54. The molecule has 16 nitrogen and oxygen atoms in total. The minimum Gasteiger partial charge on any atom is -0.497 e. The Bertz CT molecular complexity index is 2150. The standard InChI is InChI=1S/C39H46N6O10S/c1-7-54-36-28(12-10-18-41-36)33-34(32-27-11-8-9-13-29(27)42-35(32)46)45(38(48)49,56(50,51)31-15-14-26(52-5)21-30(31)53-6)23-25(22-40)44(33)24-16-19-43(20-17-24)37(47)55-39(2,3)4/h8-15,18,21,24-25,32-34H,7,16-17,19-20,23H2,1-6H3,(H-,42,46,48,49). The molecule has 2 fully saturated rings. The molecule has 1 aromatic heterocycles. The number of sulfonamides is 1. The average Bonchev–Trinajstić information content (AvgIpc) is 3.51. The van der Waals surface area contributed by atoms with Gasteiger partial charge in [-0.05, 0) is 70.4 Å². The van der Waals surface area contributed by atoms with Crippen molar-refractivity contribution >= 4 is 33.8 Å². The molecule has 298 valence electrons. The highest BCUT2D eigenvalue weighted by atomic mass is 32.2. The van der Waals surface area contributed by atoms with Crippen LogP contribution < -0.4 is 24.6 Å². The Balaban J connectivity index is 1.64. The van der Waals surface area contributed by atoms with E-state index in [-0.39, 0.29) is 42.6 Å². The monoisotopic (exact) mass is 790 g/mol. The number of carboxylic acid groups (broad SMARTS) is 1. The summed E-state index contributed by atoms with van der Waals surface area (Å²) in [6, 6.07) is 11.1. The van der Waals surface area contributed by atoms with E-state index < -0.39 is 79.1 Å². The fraction of sp³-hybridized carbons (Fsp3) is 0.462. The molecule has 6 rings (SSSR count). The SMILES string of the molecule is CCOc1ncccc1C1C(C2C(=O)Nc3ccccc32)[N+](C(=O)[O-])(S(=O)(=O)c2ccc(OC)cc2OC)CC(C#N)N1C1CCN(C(=O)OC(C)(C)C)CC1. The lowest BCUT2D eigenvalue weighted by Crippen LogP contribution is -2.78. The number of fused-ring (bicyclic) bond motifs is 1. The van der Waals surface area contributed by atoms with Crippen molar-refractivity contribution in [3.8, 4) is 23.4 Å². The van der Waals surface area contributed by atoms with E-state index >= 15 is 8.42 Å². The number of nitrogens with one attached hydrogen (secondary N) is 1. The first-order valence-corrected chi connectivity index (χ1v) is 19.8. The van der Waals surface area contributed by atoms with Gasteiger partial charge in [0.05, 0.1) is 32.9 Å². The number of pyridine rings is 1. The summed E-state index contributed by atoms with van der Waals surface area (Å²) in [7, 11) is -2.58. The van der Waals surface area contributed by atoms with Gasteiger partial charge in [-0.15, -0.1) is 0 Å². The zero-order valence-corrected chi connectivity index (χ0v) is 32.9. The van der Waals surface area contributed by atoms with Gasteiger partial charge in [0, 0.05) is 42.6 Å². The van der Waals surface area contributed by atoms with Crippen LogP contribution in [0.1, 0.15) is 63.6 Å². The number of benzene rings is 2. The smallest absolute Gasteiger partial charge is 0.410 e. The van der Waals surface area contributed by atoms with Crippen molar-refractivity contribution in [2.45, 2.75) is 81.1 Å². The molecule has 0 spiro atoms. The molecule has 4 heterocycles. The fourth-order valence-electron chi connectivity index (χ4n) is 8.28. The van der Waals surface area contributed by atoms with Crippen LogP contribution in [0.2, 0.25) is 0 Å². The molecule has 5 atom stereocenters. The number of carbonyl (C=O) groups excluding carboxylic acids is 3. The maximum absolute atomic E-state index is 15.5. The molecule has 3 aliphatic heterocycles. The normalized spacial score (nSPS) is 24.4. The summed E-state index contributed by atoms with van der Waals surface area (Å²) in [5.41, 5.74) is 0.285. The van der Waals surface area contributed by atoms with Crippen LogP contribution in [0, 0.1) is 11.3 Å². The third-order valence-electron chi connectivity index (χ3n) is 10.6. The van der Waals surface area contributed by atoms with Crippen molar-refractivity contribution in [3.63, 3.8) is 0 Å². The van der Waals surface area contributed by atoms with Gasteiger partial charge in [-0.1, -0.05) is 24.3 Å². The van der Waals surface area contributed by atoms with Crippen LogP contribution in [0.4, 0.5) is 15.3 Å². The number of carbonyl (C=O) groups is 3. The summed E-state index contributed by atoms with van der Waals surface area (Å²) in [5.74, 6) is -1.95. The fourth-order valence-corrected chi connectivity index (χ4v) is 10.4. The summed E-state index contributed by atoms with van der Waals surface area (Å²) < 4.78 is 51.7. The topological polar surface area (TPSA) is 201 Å². The number of rotatable bonds is 9. The highest BCUT2D eigenvalue weighted by Gasteiger charge is 2.68. The predicted octanol–water partition coefficient (Wildman–Crippen LogP) is 3.80. The zero-order chi connectivity index (χ0) is 40.6. The molecule has 2 aromatic carbocycles. The number of anilines is 1. The van der Waals surface area contributed by atoms with Crippen molar-refractivity contribution in [3.05, 3.63) is 71.9 Å². The van der Waals surface area contributed by atoms with Crippen molar-refractivity contribution in [2.24, 2.45) is 0 Å². The first-order valence-electron chi connectivity index (χ1n) is 18.3. The molecule has 3 amide bonds. The first-order chi connectivity index (χ1) is 26.6. The van der Waals surface area contributed by atoms with Gasteiger partial charge in [0.1, 0.15) is 41.6 Å². The molecule has 0 aliphatic carbocycles. The van der Waals surface area contributed by atoms with Crippen LogP contribution in [0.25, 0.3) is 0 Å². The molecule has 3 aromatic rings. The number of nitriles is 1. The minimum absolute atomic E-state index is 0.0716. The van der Waals surface area contributed by atoms with Gasteiger partial charge in [-0.2, -0.15) is 17.6 Å². The lowest BCUT2D eigenvalue weighted by molar-refractivity contribution is -0.800. The third-order valence-corrected chi connectivity index (χ3v) is 12.9. The van der Waals surface area contributed by atoms with Crippen LogP contribution in [-0.2, 0) is 19.6 Å². The number of piperazine rings is 1. The van der Waals surface area contributed by atoms with Gasteiger partial charge in [-0.3, -0.25) is 9.69 Å². The van der Waals surface area contributed by atoms with E-state index in [1.165, 1.54) is 38.6 Å². The second-order valence-corrected chi connectivity index (χ2v) is 16.9. The van der Waals surface area contributed by atoms with Gasteiger partial charge in [-0.25, -0.2) is 9.78 Å². The Labute approximate surface area is 326 Å². The van der Waals surface area contributed by atoms with Crippen LogP contribution >= 0.6 is 0 Å². The Morgan fingerprint density at radius 3 is 2.38 bits per heavy atom. The highest BCUT2D eigenvalue weighted by molar-refractivity contribution is 7.86. The summed E-state index contributed by atoms with van der Waals surface area (Å²) in [6.45, 7) is 6.81. The van der Waals surface area contributed by atoms with Crippen molar-refractivity contribution in [1.29, 1.82) is 5.26 Å². The zero-order valence-electron chi connectivity index (χ0n) is 32.1. The second-order valence-electron chi connectivity index (χ2n) is 14.8. The molecule has 3 aliphatic rings. The Kier molecular flexibility index (Phi) is 11.2. The predicted molar refractivity (Wildman–Crippen MR) is 199 cm³/mol. The average molecular weight is 791 g/mol. The van der Waals surface area contributed by atoms with E-state index in [0.717, 1.165) is 0 Å². The summed E-state index contributed by atoms with van der Waals surface area (Å²) >= 11 is 0. The van der Waals surface area contributed by atoms with E-state index in [9.17, 15) is 24.8 Å². The number of hydrogen-bond donors (Lipinski definition) is 1. The summed E-state index contributed by atoms with van der Waals surface area (Å²) in [4.78, 5) is 49.1. The van der Waals surface area contributed by atoms with Crippen molar-refractivity contribution in [2.75, 3.05) is 45.8 Å². The number of methoxy groups -OCH3 is 2. The number of para-hydroxylation sites is 1. The number of piperidine rings is 1. The molecule has 0 bridgehead atoms. The van der Waals surface area contributed by atoms with Crippen molar-refractivity contribution in [1.82, 2.24) is 14.8 Å². The lowest BCUT2D eigenvalue weighted by atomic mass is 9.79. The number of quaternary nitrogens is 1. The van der Waals surface area contributed by atoms with Crippen LogP contribution in [0.15, 0.2) is 65.7 Å². The molecule has 17 heteroatoms. The molecule has 1 N–H and O–H groups in total. The van der Waals surface area contributed by atoms with Crippen LogP contribution in [-0.4, -0.2) is 109 Å². The Morgan fingerprint density at radius 1 is 1.05 bits per heavy atom. The minimum atomic E-state index is -5.20. The molecule has 0 radical (unpaired) electrons. The molecule has 2 saturated heterocycles. The molecule has 56 heavy (non-hydrogen) atoms. The maximum Gasteiger partial charge on any atom is 0.410 e. The number of aromatic nitrogens is 1. The van der Waals surface area contributed by atoms with E-state index in [1.807, 2.05) is 0 Å². The summed E-state index contributed by atoms with van der Waals surface area (Å²) in [6.07, 6.45) is -0.449. The van der Waals surface area contributed by atoms with E-state index in [1.54, 1.807) is 73.9 Å². The number of likely N-dealkylation sites (tertiary alicyclic amines) is 1. The quantitative estimate of drug-likeness (QED) is 0.307. The second kappa shape index (κ2) is 15.6.